The Kier molecular flexibility index (Phi) is 6.29. The van der Waals surface area contributed by atoms with E-state index in [1.807, 2.05) is 18.2 Å². The molecule has 0 heterocycles. The van der Waals surface area contributed by atoms with Gasteiger partial charge >= 0.3 is 0 Å². The Hall–Kier alpha value is -2.33. The number of methoxy groups -OCH3 is 1. The molecule has 138 valence electrons. The third kappa shape index (κ3) is 4.85. The van der Waals surface area contributed by atoms with Crippen molar-refractivity contribution in [3.05, 3.63) is 59.7 Å². The molecule has 1 fully saturated rings. The molecule has 1 aliphatic rings. The smallest absolute Gasteiger partial charge is 0.255 e. The fraction of sp³-hybridized carbons (Fsp3) is 0.409. The monoisotopic (exact) mass is 352 g/mol. The molecule has 0 aromatic heterocycles. The highest BCUT2D eigenvalue weighted by molar-refractivity contribution is 6.04. The Bertz CT molecular complexity index is 727. The maximum absolute atomic E-state index is 12.4. The molecule has 2 atom stereocenters. The first-order chi connectivity index (χ1) is 12.7. The number of nitrogens with one attached hydrogen (secondary N) is 2. The number of carbonyl (C=O) groups excluding carboxylic acids is 1. The van der Waals surface area contributed by atoms with E-state index in [1.165, 1.54) is 31.2 Å². The van der Waals surface area contributed by atoms with Gasteiger partial charge in [-0.2, -0.15) is 0 Å². The molecule has 2 N–H and O–H groups in total. The number of rotatable bonds is 6. The van der Waals surface area contributed by atoms with Crippen LogP contribution >= 0.6 is 0 Å². The zero-order valence-electron chi connectivity index (χ0n) is 15.6. The van der Waals surface area contributed by atoms with Crippen molar-refractivity contribution in [3.63, 3.8) is 0 Å². The van der Waals surface area contributed by atoms with Crippen molar-refractivity contribution in [3.8, 4) is 5.75 Å². The minimum atomic E-state index is -0.112. The van der Waals surface area contributed by atoms with E-state index in [0.29, 0.717) is 11.6 Å². The van der Waals surface area contributed by atoms with Gasteiger partial charge in [0.2, 0.25) is 0 Å². The normalized spacial score (nSPS) is 19.8. The molecule has 0 saturated heterocycles. The zero-order chi connectivity index (χ0) is 18.4. The first-order valence-corrected chi connectivity index (χ1v) is 9.43. The lowest BCUT2D eigenvalue weighted by Gasteiger charge is -2.29. The summed E-state index contributed by atoms with van der Waals surface area (Å²) in [5, 5.41) is 6.66. The highest BCUT2D eigenvalue weighted by Gasteiger charge is 2.20. The van der Waals surface area contributed by atoms with E-state index in [0.717, 1.165) is 23.9 Å². The number of hydrogen-bond acceptors (Lipinski definition) is 3. The molecule has 2 unspecified atom stereocenters. The van der Waals surface area contributed by atoms with Gasteiger partial charge in [-0.05, 0) is 60.7 Å². The van der Waals surface area contributed by atoms with Crippen LogP contribution in [0, 0.1) is 5.92 Å². The third-order valence-electron chi connectivity index (χ3n) is 5.22. The number of ether oxygens (including phenoxy) is 1. The van der Waals surface area contributed by atoms with E-state index in [1.54, 1.807) is 31.4 Å². The maximum atomic E-state index is 12.4. The van der Waals surface area contributed by atoms with Crippen LogP contribution in [0.25, 0.3) is 0 Å². The van der Waals surface area contributed by atoms with E-state index in [-0.39, 0.29) is 5.91 Å². The van der Waals surface area contributed by atoms with Crippen molar-refractivity contribution in [1.82, 2.24) is 5.32 Å². The summed E-state index contributed by atoms with van der Waals surface area (Å²) in [4.78, 5) is 12.4. The Morgan fingerprint density at radius 2 is 1.88 bits per heavy atom. The van der Waals surface area contributed by atoms with Crippen LogP contribution in [0.3, 0.4) is 0 Å². The van der Waals surface area contributed by atoms with Crippen LogP contribution in [0.2, 0.25) is 0 Å². The fourth-order valence-corrected chi connectivity index (χ4v) is 3.57. The molecule has 1 saturated carbocycles. The maximum Gasteiger partial charge on any atom is 0.255 e. The Morgan fingerprint density at radius 1 is 1.12 bits per heavy atom. The highest BCUT2D eigenvalue weighted by Crippen LogP contribution is 2.24. The predicted octanol–water partition coefficient (Wildman–Crippen LogP) is 4.62. The molecular formula is C22H28N2O2. The molecule has 1 amide bonds. The van der Waals surface area contributed by atoms with Crippen LogP contribution in [0.4, 0.5) is 5.69 Å². The average Bonchev–Trinajstić information content (AvgIpc) is 2.68. The molecule has 0 spiro atoms. The third-order valence-corrected chi connectivity index (χ3v) is 5.22. The largest absolute Gasteiger partial charge is 0.497 e. The minimum Gasteiger partial charge on any atom is -0.497 e. The van der Waals surface area contributed by atoms with Gasteiger partial charge in [-0.25, -0.2) is 0 Å². The van der Waals surface area contributed by atoms with Gasteiger partial charge in [-0.15, -0.1) is 0 Å². The summed E-state index contributed by atoms with van der Waals surface area (Å²) in [6, 6.07) is 15.8. The molecule has 26 heavy (non-hydrogen) atoms. The van der Waals surface area contributed by atoms with E-state index in [2.05, 4.69) is 23.6 Å². The summed E-state index contributed by atoms with van der Waals surface area (Å²) in [5.74, 6) is 1.37. The number of amides is 1. The van der Waals surface area contributed by atoms with Crippen LogP contribution < -0.4 is 15.4 Å². The van der Waals surface area contributed by atoms with Crippen molar-refractivity contribution in [2.45, 2.75) is 45.2 Å². The van der Waals surface area contributed by atoms with Gasteiger partial charge in [-0.3, -0.25) is 4.79 Å². The predicted molar refractivity (Wildman–Crippen MR) is 106 cm³/mol. The van der Waals surface area contributed by atoms with Gasteiger partial charge in [0.05, 0.1) is 7.11 Å². The Morgan fingerprint density at radius 3 is 2.62 bits per heavy atom. The molecule has 4 heteroatoms. The first-order valence-electron chi connectivity index (χ1n) is 9.43. The summed E-state index contributed by atoms with van der Waals surface area (Å²) >= 11 is 0. The van der Waals surface area contributed by atoms with Gasteiger partial charge in [-0.1, -0.05) is 31.9 Å². The van der Waals surface area contributed by atoms with Crippen LogP contribution in [0.1, 0.15) is 48.5 Å². The van der Waals surface area contributed by atoms with Crippen molar-refractivity contribution in [2.24, 2.45) is 5.92 Å². The summed E-state index contributed by atoms with van der Waals surface area (Å²) < 4.78 is 5.13. The summed E-state index contributed by atoms with van der Waals surface area (Å²) in [7, 11) is 1.61. The van der Waals surface area contributed by atoms with Crippen molar-refractivity contribution >= 4 is 11.6 Å². The molecular weight excluding hydrogens is 324 g/mol. The van der Waals surface area contributed by atoms with Gasteiger partial charge in [0.15, 0.2) is 0 Å². The van der Waals surface area contributed by atoms with Crippen molar-refractivity contribution in [2.75, 3.05) is 12.4 Å². The topological polar surface area (TPSA) is 50.4 Å². The molecule has 1 aliphatic carbocycles. The second-order valence-corrected chi connectivity index (χ2v) is 7.13. The molecule has 0 radical (unpaired) electrons. The van der Waals surface area contributed by atoms with Crippen LogP contribution in [0.15, 0.2) is 48.5 Å². The molecule has 2 aromatic rings. The van der Waals surface area contributed by atoms with E-state index in [4.69, 9.17) is 4.74 Å². The lowest BCUT2D eigenvalue weighted by atomic mass is 9.86. The van der Waals surface area contributed by atoms with Crippen LogP contribution in [0.5, 0.6) is 5.75 Å². The highest BCUT2D eigenvalue weighted by atomic mass is 16.5. The van der Waals surface area contributed by atoms with Gasteiger partial charge in [0, 0.05) is 23.8 Å². The molecule has 4 nitrogen and oxygen atoms in total. The standard InChI is InChI=1S/C22H28N2O2/c1-16-6-3-4-9-21(16)23-15-17-7-5-8-19(14-17)24-22(25)18-10-12-20(26-2)13-11-18/h5,7-8,10-14,16,21,23H,3-4,6,9,15H2,1-2H3,(H,24,25). The summed E-state index contributed by atoms with van der Waals surface area (Å²) in [6.45, 7) is 3.17. The van der Waals surface area contributed by atoms with E-state index >= 15 is 0 Å². The lowest BCUT2D eigenvalue weighted by Crippen LogP contribution is -2.36. The zero-order valence-corrected chi connectivity index (χ0v) is 15.6. The van der Waals surface area contributed by atoms with Crippen molar-refractivity contribution < 1.29 is 9.53 Å². The molecule has 2 aromatic carbocycles. The quantitative estimate of drug-likeness (QED) is 0.798. The van der Waals surface area contributed by atoms with Gasteiger partial charge in [0.1, 0.15) is 5.75 Å². The fourth-order valence-electron chi connectivity index (χ4n) is 3.57. The van der Waals surface area contributed by atoms with Crippen LogP contribution in [-0.4, -0.2) is 19.1 Å². The average molecular weight is 352 g/mol. The number of anilines is 1. The van der Waals surface area contributed by atoms with Crippen molar-refractivity contribution in [1.29, 1.82) is 0 Å². The number of benzene rings is 2. The Labute approximate surface area is 156 Å². The molecule has 0 aliphatic heterocycles. The second-order valence-electron chi connectivity index (χ2n) is 7.13. The second kappa shape index (κ2) is 8.86. The number of hydrogen-bond donors (Lipinski definition) is 2. The van der Waals surface area contributed by atoms with Gasteiger partial charge in [0.25, 0.3) is 5.91 Å². The number of carbonyl (C=O) groups is 1. The van der Waals surface area contributed by atoms with E-state index < -0.39 is 0 Å². The lowest BCUT2D eigenvalue weighted by molar-refractivity contribution is 0.102. The SMILES string of the molecule is COc1ccc(C(=O)Nc2cccc(CNC3CCCCC3C)c2)cc1. The minimum absolute atomic E-state index is 0.112. The summed E-state index contributed by atoms with van der Waals surface area (Å²) in [6.07, 6.45) is 5.25. The van der Waals surface area contributed by atoms with Crippen LogP contribution in [-0.2, 0) is 6.54 Å². The molecule has 0 bridgehead atoms. The van der Waals surface area contributed by atoms with E-state index in [9.17, 15) is 4.79 Å². The molecule has 3 rings (SSSR count). The van der Waals surface area contributed by atoms with Gasteiger partial charge < -0.3 is 15.4 Å². The Balaban J connectivity index is 1.58. The first kappa shape index (κ1) is 18.5. The summed E-state index contributed by atoms with van der Waals surface area (Å²) in [5.41, 5.74) is 2.63.